The van der Waals surface area contributed by atoms with Crippen molar-refractivity contribution in [3.63, 3.8) is 0 Å². The SMILES string of the molecule is CCCNCCc1ncc(C2CCCCC2)o1. The van der Waals surface area contributed by atoms with Crippen LogP contribution in [0.5, 0.6) is 0 Å². The molecule has 1 heterocycles. The van der Waals surface area contributed by atoms with Crippen molar-refractivity contribution in [1.29, 1.82) is 0 Å². The Balaban J connectivity index is 1.78. The van der Waals surface area contributed by atoms with Gasteiger partial charge in [0.2, 0.25) is 0 Å². The smallest absolute Gasteiger partial charge is 0.195 e. The lowest BCUT2D eigenvalue weighted by molar-refractivity contribution is 0.359. The van der Waals surface area contributed by atoms with E-state index in [1.165, 1.54) is 38.5 Å². The summed E-state index contributed by atoms with van der Waals surface area (Å²) in [5.74, 6) is 2.65. The molecule has 1 N–H and O–H groups in total. The molecule has 0 radical (unpaired) electrons. The molecule has 1 aromatic heterocycles. The Morgan fingerprint density at radius 3 is 2.88 bits per heavy atom. The van der Waals surface area contributed by atoms with Gasteiger partial charge in [0.05, 0.1) is 6.20 Å². The Bertz CT molecular complexity index is 316. The fourth-order valence-electron chi connectivity index (χ4n) is 2.51. The van der Waals surface area contributed by atoms with Crippen molar-refractivity contribution >= 4 is 0 Å². The van der Waals surface area contributed by atoms with Crippen molar-refractivity contribution in [2.45, 2.75) is 57.8 Å². The molecule has 0 spiro atoms. The van der Waals surface area contributed by atoms with Crippen LogP contribution in [-0.2, 0) is 6.42 Å². The molecule has 17 heavy (non-hydrogen) atoms. The number of hydrogen-bond acceptors (Lipinski definition) is 3. The van der Waals surface area contributed by atoms with Gasteiger partial charge < -0.3 is 9.73 Å². The maximum absolute atomic E-state index is 5.85. The standard InChI is InChI=1S/C14H24N2O/c1-2-9-15-10-8-14-16-11-13(17-14)12-6-4-3-5-7-12/h11-12,15H,2-10H2,1H3. The van der Waals surface area contributed by atoms with Crippen LogP contribution in [0.1, 0.15) is 63.0 Å². The Morgan fingerprint density at radius 2 is 2.12 bits per heavy atom. The minimum Gasteiger partial charge on any atom is -0.445 e. The summed E-state index contributed by atoms with van der Waals surface area (Å²) < 4.78 is 5.85. The average Bonchev–Trinajstić information content (AvgIpc) is 2.85. The largest absolute Gasteiger partial charge is 0.445 e. The van der Waals surface area contributed by atoms with E-state index >= 15 is 0 Å². The minimum absolute atomic E-state index is 0.633. The molecule has 0 saturated heterocycles. The number of nitrogens with zero attached hydrogens (tertiary/aromatic N) is 1. The van der Waals surface area contributed by atoms with Crippen LogP contribution in [0.4, 0.5) is 0 Å². The Morgan fingerprint density at radius 1 is 1.29 bits per heavy atom. The Kier molecular flexibility index (Phi) is 5.05. The second-order valence-electron chi connectivity index (χ2n) is 4.99. The third kappa shape index (κ3) is 3.84. The van der Waals surface area contributed by atoms with Crippen LogP contribution in [0.15, 0.2) is 10.6 Å². The monoisotopic (exact) mass is 236 g/mol. The van der Waals surface area contributed by atoms with Gasteiger partial charge in [0, 0.05) is 18.9 Å². The molecule has 3 nitrogen and oxygen atoms in total. The average molecular weight is 236 g/mol. The number of oxazole rings is 1. The summed E-state index contributed by atoms with van der Waals surface area (Å²) in [5, 5.41) is 3.37. The van der Waals surface area contributed by atoms with E-state index in [0.717, 1.165) is 31.2 Å². The zero-order valence-electron chi connectivity index (χ0n) is 10.9. The van der Waals surface area contributed by atoms with Gasteiger partial charge in [0.15, 0.2) is 5.89 Å². The Labute approximate surface area is 104 Å². The third-order valence-electron chi connectivity index (χ3n) is 3.52. The van der Waals surface area contributed by atoms with E-state index in [2.05, 4.69) is 17.2 Å². The zero-order valence-corrected chi connectivity index (χ0v) is 10.9. The summed E-state index contributed by atoms with van der Waals surface area (Å²) in [6.45, 7) is 4.23. The predicted octanol–water partition coefficient (Wildman–Crippen LogP) is 3.26. The molecule has 96 valence electrons. The van der Waals surface area contributed by atoms with E-state index in [0.29, 0.717) is 5.92 Å². The molecule has 1 aliphatic rings. The maximum Gasteiger partial charge on any atom is 0.195 e. The van der Waals surface area contributed by atoms with Crippen LogP contribution < -0.4 is 5.32 Å². The highest BCUT2D eigenvalue weighted by Crippen LogP contribution is 2.32. The molecular formula is C14H24N2O. The molecule has 0 amide bonds. The number of aromatic nitrogens is 1. The molecule has 0 aromatic carbocycles. The summed E-state index contributed by atoms with van der Waals surface area (Å²) in [6.07, 6.45) is 10.7. The molecule has 1 aromatic rings. The lowest BCUT2D eigenvalue weighted by Gasteiger charge is -2.18. The molecule has 1 fully saturated rings. The van der Waals surface area contributed by atoms with Crippen LogP contribution in [0.2, 0.25) is 0 Å². The van der Waals surface area contributed by atoms with E-state index in [1.54, 1.807) is 0 Å². The van der Waals surface area contributed by atoms with Crippen LogP contribution >= 0.6 is 0 Å². The first-order valence-electron chi connectivity index (χ1n) is 7.05. The molecule has 0 atom stereocenters. The molecular weight excluding hydrogens is 212 g/mol. The second kappa shape index (κ2) is 6.80. The summed E-state index contributed by atoms with van der Waals surface area (Å²) >= 11 is 0. The van der Waals surface area contributed by atoms with Crippen LogP contribution in [-0.4, -0.2) is 18.1 Å². The summed E-state index contributed by atoms with van der Waals surface area (Å²) in [5.41, 5.74) is 0. The van der Waals surface area contributed by atoms with Crippen molar-refractivity contribution < 1.29 is 4.42 Å². The quantitative estimate of drug-likeness (QED) is 0.770. The maximum atomic E-state index is 5.85. The van der Waals surface area contributed by atoms with Gasteiger partial charge in [-0.1, -0.05) is 26.2 Å². The van der Waals surface area contributed by atoms with E-state index in [1.807, 2.05) is 6.20 Å². The van der Waals surface area contributed by atoms with Crippen molar-refractivity contribution in [2.24, 2.45) is 0 Å². The fourth-order valence-corrected chi connectivity index (χ4v) is 2.51. The van der Waals surface area contributed by atoms with Gasteiger partial charge >= 0.3 is 0 Å². The molecule has 1 aliphatic carbocycles. The fraction of sp³-hybridized carbons (Fsp3) is 0.786. The summed E-state index contributed by atoms with van der Waals surface area (Å²) in [6, 6.07) is 0. The van der Waals surface area contributed by atoms with Crippen LogP contribution in [0.25, 0.3) is 0 Å². The topological polar surface area (TPSA) is 38.1 Å². The van der Waals surface area contributed by atoms with Gasteiger partial charge in [-0.25, -0.2) is 4.98 Å². The molecule has 0 unspecified atom stereocenters. The van der Waals surface area contributed by atoms with Crippen molar-refractivity contribution in [2.75, 3.05) is 13.1 Å². The summed E-state index contributed by atoms with van der Waals surface area (Å²) in [4.78, 5) is 4.38. The molecule has 2 rings (SSSR count). The van der Waals surface area contributed by atoms with Crippen molar-refractivity contribution in [1.82, 2.24) is 10.3 Å². The predicted molar refractivity (Wildman–Crippen MR) is 69.2 cm³/mol. The lowest BCUT2D eigenvalue weighted by atomic mass is 9.88. The van der Waals surface area contributed by atoms with Crippen LogP contribution in [0.3, 0.4) is 0 Å². The highest BCUT2D eigenvalue weighted by Gasteiger charge is 2.19. The van der Waals surface area contributed by atoms with Gasteiger partial charge in [-0.05, 0) is 25.8 Å². The first-order valence-corrected chi connectivity index (χ1v) is 7.05. The third-order valence-corrected chi connectivity index (χ3v) is 3.52. The first-order chi connectivity index (χ1) is 8.40. The molecule has 0 bridgehead atoms. The van der Waals surface area contributed by atoms with Gasteiger partial charge in [-0.2, -0.15) is 0 Å². The summed E-state index contributed by atoms with van der Waals surface area (Å²) in [7, 11) is 0. The normalized spacial score (nSPS) is 17.5. The molecule has 3 heteroatoms. The van der Waals surface area contributed by atoms with Gasteiger partial charge in [-0.3, -0.25) is 0 Å². The molecule has 0 aliphatic heterocycles. The Hall–Kier alpha value is -0.830. The van der Waals surface area contributed by atoms with Gasteiger partial charge in [0.1, 0.15) is 5.76 Å². The second-order valence-corrected chi connectivity index (χ2v) is 4.99. The van der Waals surface area contributed by atoms with E-state index in [-0.39, 0.29) is 0 Å². The number of rotatable bonds is 6. The van der Waals surface area contributed by atoms with Gasteiger partial charge in [0.25, 0.3) is 0 Å². The number of hydrogen-bond donors (Lipinski definition) is 1. The molecule has 1 saturated carbocycles. The highest BCUT2D eigenvalue weighted by molar-refractivity contribution is 5.03. The minimum atomic E-state index is 0.633. The first kappa shape index (κ1) is 12.6. The zero-order chi connectivity index (χ0) is 11.9. The van der Waals surface area contributed by atoms with E-state index in [9.17, 15) is 0 Å². The van der Waals surface area contributed by atoms with Crippen molar-refractivity contribution in [3.05, 3.63) is 17.8 Å². The van der Waals surface area contributed by atoms with E-state index < -0.39 is 0 Å². The van der Waals surface area contributed by atoms with Crippen molar-refractivity contribution in [3.8, 4) is 0 Å². The highest BCUT2D eigenvalue weighted by atomic mass is 16.4. The number of nitrogens with one attached hydrogen (secondary N) is 1. The van der Waals surface area contributed by atoms with Crippen LogP contribution in [0, 0.1) is 0 Å². The van der Waals surface area contributed by atoms with E-state index in [4.69, 9.17) is 4.42 Å². The van der Waals surface area contributed by atoms with Gasteiger partial charge in [-0.15, -0.1) is 0 Å². The lowest BCUT2D eigenvalue weighted by Crippen LogP contribution is -2.17.